The lowest BCUT2D eigenvalue weighted by Gasteiger charge is -2.12. The molecule has 0 aromatic heterocycles. The van der Waals surface area contributed by atoms with Gasteiger partial charge in [0.25, 0.3) is 0 Å². The fourth-order valence-electron chi connectivity index (χ4n) is 0.518. The van der Waals surface area contributed by atoms with Crippen LogP contribution in [0.4, 0.5) is 0 Å². The topological polar surface area (TPSA) is 63.2 Å². The molecule has 0 saturated carbocycles. The Morgan fingerprint density at radius 3 is 2.08 bits per heavy atom. The van der Waals surface area contributed by atoms with Crippen LogP contribution >= 0.6 is 0 Å². The summed E-state index contributed by atoms with van der Waals surface area (Å²) in [5.74, 6) is 0. The Kier molecular flexibility index (Phi) is 5.09. The molecule has 0 bridgehead atoms. The lowest BCUT2D eigenvalue weighted by Crippen LogP contribution is -2.36. The molecule has 4 nitrogen and oxygen atoms in total. The average Bonchev–Trinajstić information content (AvgIpc) is 1.99. The van der Waals surface area contributed by atoms with Crippen molar-refractivity contribution in [3.05, 3.63) is 0 Å². The van der Waals surface area contributed by atoms with Crippen LogP contribution in [0, 0.1) is 0 Å². The van der Waals surface area contributed by atoms with Crippen LogP contribution in [0.1, 0.15) is 20.8 Å². The van der Waals surface area contributed by atoms with Gasteiger partial charge in [-0.1, -0.05) is 0 Å². The first kappa shape index (κ1) is 13.1. The van der Waals surface area contributed by atoms with Gasteiger partial charge in [-0.3, -0.25) is 4.21 Å². The summed E-state index contributed by atoms with van der Waals surface area (Å²) in [5, 5.41) is -0.585. The van der Waals surface area contributed by atoms with Crippen LogP contribution in [-0.4, -0.2) is 35.9 Å². The molecule has 1 N–H and O–H groups in total. The Morgan fingerprint density at radius 1 is 1.31 bits per heavy atom. The van der Waals surface area contributed by atoms with Crippen LogP contribution in [0.2, 0.25) is 0 Å². The lowest BCUT2D eigenvalue weighted by atomic mass is 10.5. The number of hydrogen-bond donors (Lipinski definition) is 1. The highest BCUT2D eigenvalue weighted by Gasteiger charge is 2.17. The van der Waals surface area contributed by atoms with Crippen molar-refractivity contribution in [2.75, 3.05) is 12.8 Å². The van der Waals surface area contributed by atoms with Gasteiger partial charge in [0, 0.05) is 28.9 Å². The largest absolute Gasteiger partial charge is 0.260 e. The summed E-state index contributed by atoms with van der Waals surface area (Å²) in [4.78, 5) is 0. The van der Waals surface area contributed by atoms with Crippen molar-refractivity contribution in [1.29, 1.82) is 0 Å². The predicted octanol–water partition coefficient (Wildman–Crippen LogP) is 0.0812. The molecule has 0 aliphatic heterocycles. The van der Waals surface area contributed by atoms with Crippen LogP contribution in [0.5, 0.6) is 0 Å². The van der Waals surface area contributed by atoms with E-state index in [1.54, 1.807) is 27.0 Å². The van der Waals surface area contributed by atoms with Crippen LogP contribution in [0.15, 0.2) is 0 Å². The second-order valence-corrected chi connectivity index (χ2v) is 7.37. The van der Waals surface area contributed by atoms with E-state index in [-0.39, 0.29) is 11.8 Å². The highest BCUT2D eigenvalue weighted by molar-refractivity contribution is 7.90. The molecule has 6 heteroatoms. The quantitative estimate of drug-likeness (QED) is 0.723. The van der Waals surface area contributed by atoms with E-state index in [0.717, 1.165) is 0 Å². The van der Waals surface area contributed by atoms with Gasteiger partial charge in [0.05, 0.1) is 5.25 Å². The molecule has 0 rings (SSSR count). The molecule has 0 fully saturated rings. The van der Waals surface area contributed by atoms with Gasteiger partial charge >= 0.3 is 0 Å². The Bertz CT molecular complexity index is 271. The van der Waals surface area contributed by atoms with E-state index < -0.39 is 26.1 Å². The molecule has 0 spiro atoms. The third-order valence-electron chi connectivity index (χ3n) is 1.76. The number of rotatable bonds is 5. The van der Waals surface area contributed by atoms with Gasteiger partial charge in [0.15, 0.2) is 0 Å². The Balaban J connectivity index is 4.11. The van der Waals surface area contributed by atoms with E-state index in [2.05, 4.69) is 4.72 Å². The maximum Gasteiger partial charge on any atom is 0.213 e. The molecule has 0 aliphatic carbocycles. The fraction of sp³-hybridized carbons (Fsp3) is 1.00. The third-order valence-corrected chi connectivity index (χ3v) is 4.87. The van der Waals surface area contributed by atoms with Crippen molar-refractivity contribution in [3.8, 4) is 0 Å². The Morgan fingerprint density at radius 2 is 1.77 bits per heavy atom. The molecule has 0 saturated heterocycles. The van der Waals surface area contributed by atoms with Gasteiger partial charge in [-0.05, 0) is 20.8 Å². The van der Waals surface area contributed by atoms with E-state index in [1.807, 2.05) is 0 Å². The molecule has 0 aliphatic rings. The van der Waals surface area contributed by atoms with Crippen molar-refractivity contribution < 1.29 is 12.6 Å². The van der Waals surface area contributed by atoms with E-state index in [4.69, 9.17) is 0 Å². The first-order valence-corrected chi connectivity index (χ1v) is 7.25. The molecular formula is C7H17NO3S2. The van der Waals surface area contributed by atoms with Gasteiger partial charge in [0.2, 0.25) is 10.0 Å². The summed E-state index contributed by atoms with van der Waals surface area (Å²) in [6, 6.07) is 0. The molecule has 0 amide bonds. The first-order chi connectivity index (χ1) is 5.77. The molecule has 13 heavy (non-hydrogen) atoms. The molecular weight excluding hydrogens is 210 g/mol. The molecule has 0 heterocycles. The van der Waals surface area contributed by atoms with E-state index in [1.165, 1.54) is 0 Å². The monoisotopic (exact) mass is 227 g/mol. The zero-order valence-corrected chi connectivity index (χ0v) is 10.0. The maximum absolute atomic E-state index is 11.2. The Hall–Kier alpha value is 0.0600. The van der Waals surface area contributed by atoms with Gasteiger partial charge in [-0.2, -0.15) is 0 Å². The molecule has 2 atom stereocenters. The minimum Gasteiger partial charge on any atom is -0.260 e. The minimum atomic E-state index is -3.21. The smallest absolute Gasteiger partial charge is 0.213 e. The minimum absolute atomic E-state index is 0.145. The summed E-state index contributed by atoms with van der Waals surface area (Å²) in [6.07, 6.45) is 1.56. The molecule has 80 valence electrons. The van der Waals surface area contributed by atoms with Crippen LogP contribution in [-0.2, 0) is 20.8 Å². The number of nitrogens with one attached hydrogen (secondary N) is 1. The summed E-state index contributed by atoms with van der Waals surface area (Å²) >= 11 is 0. The van der Waals surface area contributed by atoms with Crippen LogP contribution in [0.3, 0.4) is 0 Å². The summed E-state index contributed by atoms with van der Waals surface area (Å²) in [6.45, 7) is 5.20. The molecule has 0 radical (unpaired) electrons. The van der Waals surface area contributed by atoms with E-state index >= 15 is 0 Å². The van der Waals surface area contributed by atoms with Crippen molar-refractivity contribution in [1.82, 2.24) is 4.72 Å². The van der Waals surface area contributed by atoms with E-state index in [9.17, 15) is 12.6 Å². The highest BCUT2D eigenvalue weighted by atomic mass is 32.2. The van der Waals surface area contributed by atoms with Crippen molar-refractivity contribution in [2.24, 2.45) is 0 Å². The van der Waals surface area contributed by atoms with Gasteiger partial charge < -0.3 is 0 Å². The van der Waals surface area contributed by atoms with Crippen LogP contribution in [0.25, 0.3) is 0 Å². The summed E-state index contributed by atoms with van der Waals surface area (Å²) in [7, 11) is -4.20. The molecule has 2 unspecified atom stereocenters. The SMILES string of the molecule is CC(CNS(=O)(=O)C(C)C)S(C)=O. The normalized spacial score (nSPS) is 17.3. The first-order valence-electron chi connectivity index (χ1n) is 4.08. The van der Waals surface area contributed by atoms with E-state index in [0.29, 0.717) is 0 Å². The maximum atomic E-state index is 11.2. The van der Waals surface area contributed by atoms with Crippen molar-refractivity contribution in [3.63, 3.8) is 0 Å². The van der Waals surface area contributed by atoms with Crippen molar-refractivity contribution in [2.45, 2.75) is 31.3 Å². The standard InChI is InChI=1S/C7H17NO3S2/c1-6(2)13(10,11)8-5-7(3)12(4)9/h6-8H,5H2,1-4H3. The molecule has 0 aromatic rings. The lowest BCUT2D eigenvalue weighted by molar-refractivity contribution is 0.571. The number of sulfonamides is 1. The zero-order valence-electron chi connectivity index (χ0n) is 8.40. The second kappa shape index (κ2) is 5.07. The molecule has 0 aromatic carbocycles. The third kappa shape index (κ3) is 4.73. The zero-order chi connectivity index (χ0) is 10.6. The Labute approximate surface area is 82.6 Å². The van der Waals surface area contributed by atoms with Gasteiger partial charge in [-0.15, -0.1) is 0 Å². The second-order valence-electron chi connectivity index (χ2n) is 3.25. The fourth-order valence-corrected chi connectivity index (χ4v) is 1.76. The predicted molar refractivity (Wildman–Crippen MR) is 55.6 cm³/mol. The van der Waals surface area contributed by atoms with Gasteiger partial charge in [-0.25, -0.2) is 13.1 Å². The average molecular weight is 227 g/mol. The number of hydrogen-bond acceptors (Lipinski definition) is 3. The summed E-state index contributed by atoms with van der Waals surface area (Å²) in [5.41, 5.74) is 0. The van der Waals surface area contributed by atoms with Crippen LogP contribution < -0.4 is 4.72 Å². The highest BCUT2D eigenvalue weighted by Crippen LogP contribution is 1.97. The van der Waals surface area contributed by atoms with Crippen molar-refractivity contribution >= 4 is 20.8 Å². The van der Waals surface area contributed by atoms with Gasteiger partial charge in [0.1, 0.15) is 0 Å². The summed E-state index contributed by atoms with van der Waals surface area (Å²) < 4.78 is 35.8.